The minimum atomic E-state index is -0.00243. The summed E-state index contributed by atoms with van der Waals surface area (Å²) in [5.41, 5.74) is 8.72. The molecule has 0 spiro atoms. The number of rotatable bonds is 1. The first kappa shape index (κ1) is 11.5. The van der Waals surface area contributed by atoms with Crippen molar-refractivity contribution in [1.82, 2.24) is 0 Å². The SMILES string of the molecule is CC1OCCC1C(=O)N1CCc2ccc(N)cc21. The van der Waals surface area contributed by atoms with Crippen LogP contribution in [0.3, 0.4) is 0 Å². The van der Waals surface area contributed by atoms with Crippen molar-refractivity contribution < 1.29 is 9.53 Å². The van der Waals surface area contributed by atoms with E-state index < -0.39 is 0 Å². The number of hydrogen-bond donors (Lipinski definition) is 1. The summed E-state index contributed by atoms with van der Waals surface area (Å²) in [4.78, 5) is 14.4. The zero-order valence-corrected chi connectivity index (χ0v) is 10.6. The number of carbonyl (C=O) groups excluding carboxylic acids is 1. The third kappa shape index (κ3) is 1.77. The smallest absolute Gasteiger partial charge is 0.232 e. The number of hydrogen-bond acceptors (Lipinski definition) is 3. The second kappa shape index (κ2) is 4.28. The molecule has 2 unspecified atom stereocenters. The highest BCUT2D eigenvalue weighted by atomic mass is 16.5. The molecule has 18 heavy (non-hydrogen) atoms. The van der Waals surface area contributed by atoms with Crippen LogP contribution in [0, 0.1) is 5.92 Å². The molecule has 2 atom stereocenters. The summed E-state index contributed by atoms with van der Waals surface area (Å²) in [6, 6.07) is 5.82. The lowest BCUT2D eigenvalue weighted by molar-refractivity contribution is -0.123. The van der Waals surface area contributed by atoms with Crippen molar-refractivity contribution in [2.75, 3.05) is 23.8 Å². The molecule has 2 aliphatic rings. The van der Waals surface area contributed by atoms with Crippen molar-refractivity contribution in [3.05, 3.63) is 23.8 Å². The van der Waals surface area contributed by atoms with Gasteiger partial charge in [0.15, 0.2) is 0 Å². The summed E-state index contributed by atoms with van der Waals surface area (Å²) in [6.45, 7) is 3.43. The quantitative estimate of drug-likeness (QED) is 0.765. The topological polar surface area (TPSA) is 55.6 Å². The molecule has 4 nitrogen and oxygen atoms in total. The van der Waals surface area contributed by atoms with Crippen molar-refractivity contribution in [3.63, 3.8) is 0 Å². The highest BCUT2D eigenvalue weighted by Gasteiger charge is 2.36. The molecule has 0 bridgehead atoms. The van der Waals surface area contributed by atoms with Crippen LogP contribution < -0.4 is 10.6 Å². The Morgan fingerprint density at radius 2 is 2.33 bits per heavy atom. The Hall–Kier alpha value is -1.55. The predicted molar refractivity (Wildman–Crippen MR) is 70.4 cm³/mol. The fourth-order valence-electron chi connectivity index (χ4n) is 2.88. The molecule has 2 aliphatic heterocycles. The van der Waals surface area contributed by atoms with Crippen molar-refractivity contribution in [2.24, 2.45) is 5.92 Å². The van der Waals surface area contributed by atoms with Crippen LogP contribution in [0.2, 0.25) is 0 Å². The van der Waals surface area contributed by atoms with E-state index in [1.54, 1.807) is 0 Å². The van der Waals surface area contributed by atoms with Gasteiger partial charge in [-0.1, -0.05) is 6.07 Å². The summed E-state index contributed by atoms with van der Waals surface area (Å²) in [6.07, 6.45) is 1.78. The Labute approximate surface area is 107 Å². The largest absolute Gasteiger partial charge is 0.399 e. The van der Waals surface area contributed by atoms with Crippen LogP contribution in [0.1, 0.15) is 18.9 Å². The zero-order valence-electron chi connectivity index (χ0n) is 10.6. The van der Waals surface area contributed by atoms with Gasteiger partial charge < -0.3 is 15.4 Å². The molecule has 3 rings (SSSR count). The third-order valence-electron chi connectivity index (χ3n) is 3.96. The fourth-order valence-corrected chi connectivity index (χ4v) is 2.88. The fraction of sp³-hybridized carbons (Fsp3) is 0.500. The Morgan fingerprint density at radius 3 is 3.06 bits per heavy atom. The lowest BCUT2D eigenvalue weighted by atomic mass is 10.0. The number of nitrogens with two attached hydrogens (primary N) is 1. The number of fused-ring (bicyclic) bond motifs is 1. The molecule has 0 radical (unpaired) electrons. The van der Waals surface area contributed by atoms with Crippen LogP contribution in [0.4, 0.5) is 11.4 Å². The summed E-state index contributed by atoms with van der Waals surface area (Å²) in [7, 11) is 0. The van der Waals surface area contributed by atoms with E-state index in [1.165, 1.54) is 5.56 Å². The van der Waals surface area contributed by atoms with Gasteiger partial charge in [0.1, 0.15) is 0 Å². The van der Waals surface area contributed by atoms with Crippen LogP contribution in [0.5, 0.6) is 0 Å². The highest BCUT2D eigenvalue weighted by molar-refractivity contribution is 5.97. The van der Waals surface area contributed by atoms with Crippen molar-refractivity contribution >= 4 is 17.3 Å². The van der Waals surface area contributed by atoms with Gasteiger partial charge in [0.2, 0.25) is 5.91 Å². The predicted octanol–water partition coefficient (Wildman–Crippen LogP) is 1.58. The van der Waals surface area contributed by atoms with Crippen molar-refractivity contribution in [1.29, 1.82) is 0 Å². The molecule has 0 aromatic heterocycles. The van der Waals surface area contributed by atoms with E-state index in [1.807, 2.05) is 30.0 Å². The van der Waals surface area contributed by atoms with Crippen LogP contribution in [-0.4, -0.2) is 25.2 Å². The molecular weight excluding hydrogens is 228 g/mol. The average Bonchev–Trinajstić information content (AvgIpc) is 2.94. The van der Waals surface area contributed by atoms with Gasteiger partial charge in [0.25, 0.3) is 0 Å². The van der Waals surface area contributed by atoms with Gasteiger partial charge in [0.05, 0.1) is 12.0 Å². The monoisotopic (exact) mass is 246 g/mol. The van der Waals surface area contributed by atoms with Crippen LogP contribution in [0.25, 0.3) is 0 Å². The minimum Gasteiger partial charge on any atom is -0.399 e. The molecule has 0 saturated carbocycles. The standard InChI is InChI=1S/C14H18N2O2/c1-9-12(5-7-18-9)14(17)16-6-4-10-2-3-11(15)8-13(10)16/h2-3,8-9,12H,4-7,15H2,1H3. The van der Waals surface area contributed by atoms with Crippen LogP contribution in [-0.2, 0) is 16.0 Å². The summed E-state index contributed by atoms with van der Waals surface area (Å²) in [5, 5.41) is 0. The molecule has 2 heterocycles. The molecule has 96 valence electrons. The zero-order chi connectivity index (χ0) is 12.7. The highest BCUT2D eigenvalue weighted by Crippen LogP contribution is 2.33. The number of nitrogens with zero attached hydrogens (tertiary/aromatic N) is 1. The maximum atomic E-state index is 12.5. The van der Waals surface area contributed by atoms with E-state index >= 15 is 0 Å². The number of benzene rings is 1. The number of carbonyl (C=O) groups is 1. The number of ether oxygens (including phenoxy) is 1. The summed E-state index contributed by atoms with van der Waals surface area (Å²) >= 11 is 0. The van der Waals surface area contributed by atoms with Gasteiger partial charge in [-0.05, 0) is 37.5 Å². The van der Waals surface area contributed by atoms with Gasteiger partial charge in [-0.2, -0.15) is 0 Å². The first-order valence-corrected chi connectivity index (χ1v) is 6.48. The number of amides is 1. The molecule has 1 saturated heterocycles. The molecule has 1 aromatic carbocycles. The first-order chi connectivity index (χ1) is 8.66. The molecule has 1 amide bonds. The van der Waals surface area contributed by atoms with Crippen molar-refractivity contribution in [3.8, 4) is 0 Å². The van der Waals surface area contributed by atoms with E-state index in [-0.39, 0.29) is 17.9 Å². The Balaban J connectivity index is 1.87. The van der Waals surface area contributed by atoms with E-state index in [2.05, 4.69) is 0 Å². The summed E-state index contributed by atoms with van der Waals surface area (Å²) in [5.74, 6) is 0.182. The third-order valence-corrected chi connectivity index (χ3v) is 3.96. The van der Waals surface area contributed by atoms with Gasteiger partial charge >= 0.3 is 0 Å². The van der Waals surface area contributed by atoms with E-state index in [0.717, 1.165) is 25.1 Å². The molecule has 0 aliphatic carbocycles. The molecular formula is C14H18N2O2. The van der Waals surface area contributed by atoms with Gasteiger partial charge in [-0.3, -0.25) is 4.79 Å². The van der Waals surface area contributed by atoms with Crippen LogP contribution >= 0.6 is 0 Å². The van der Waals surface area contributed by atoms with Gasteiger partial charge in [0, 0.05) is 24.5 Å². The normalized spacial score (nSPS) is 26.4. The maximum Gasteiger partial charge on any atom is 0.232 e. The van der Waals surface area contributed by atoms with Crippen molar-refractivity contribution in [2.45, 2.75) is 25.9 Å². The first-order valence-electron chi connectivity index (χ1n) is 6.48. The second-order valence-corrected chi connectivity index (χ2v) is 5.10. The van der Waals surface area contributed by atoms with Gasteiger partial charge in [-0.25, -0.2) is 0 Å². The molecule has 4 heteroatoms. The summed E-state index contributed by atoms with van der Waals surface area (Å²) < 4.78 is 5.49. The maximum absolute atomic E-state index is 12.5. The van der Waals surface area contributed by atoms with E-state index in [9.17, 15) is 4.79 Å². The number of nitrogen functional groups attached to an aromatic ring is 1. The van der Waals surface area contributed by atoms with E-state index in [0.29, 0.717) is 12.3 Å². The molecule has 1 aromatic rings. The number of anilines is 2. The Morgan fingerprint density at radius 1 is 1.50 bits per heavy atom. The van der Waals surface area contributed by atoms with Gasteiger partial charge in [-0.15, -0.1) is 0 Å². The molecule has 2 N–H and O–H groups in total. The molecule has 1 fully saturated rings. The Kier molecular flexibility index (Phi) is 2.74. The van der Waals surface area contributed by atoms with Crippen LogP contribution in [0.15, 0.2) is 18.2 Å². The second-order valence-electron chi connectivity index (χ2n) is 5.10. The minimum absolute atomic E-state index is 0.00243. The average molecular weight is 246 g/mol. The lowest BCUT2D eigenvalue weighted by Crippen LogP contribution is -2.37. The van der Waals surface area contributed by atoms with E-state index in [4.69, 9.17) is 10.5 Å². The Bertz CT molecular complexity index is 487. The lowest BCUT2D eigenvalue weighted by Gasteiger charge is -2.23.